The van der Waals surface area contributed by atoms with Gasteiger partial charge in [0, 0.05) is 12.1 Å². The fourth-order valence-corrected chi connectivity index (χ4v) is 1.76. The van der Waals surface area contributed by atoms with Crippen molar-refractivity contribution in [3.8, 4) is 17.0 Å². The Morgan fingerprint density at radius 3 is 2.90 bits per heavy atom. The summed E-state index contributed by atoms with van der Waals surface area (Å²) in [5.74, 6) is -0.204. The Hall–Kier alpha value is -2.38. The number of hydrogen-bond donors (Lipinski definition) is 4. The van der Waals surface area contributed by atoms with Gasteiger partial charge in [-0.15, -0.1) is 0 Å². The van der Waals surface area contributed by atoms with Gasteiger partial charge in [0.2, 0.25) is 0 Å². The van der Waals surface area contributed by atoms with Crippen LogP contribution in [0.25, 0.3) is 11.3 Å². The van der Waals surface area contributed by atoms with Gasteiger partial charge in [-0.3, -0.25) is 9.89 Å². The first-order valence-electron chi connectivity index (χ1n) is 6.53. The maximum absolute atomic E-state index is 11.9. The maximum Gasteiger partial charge on any atom is 0.269 e. The van der Waals surface area contributed by atoms with Crippen molar-refractivity contribution in [2.24, 2.45) is 0 Å². The first-order chi connectivity index (χ1) is 10.2. The van der Waals surface area contributed by atoms with Crippen LogP contribution in [0, 0.1) is 0 Å². The smallest absolute Gasteiger partial charge is 0.269 e. The van der Waals surface area contributed by atoms with Gasteiger partial charge in [0.1, 0.15) is 11.4 Å². The Morgan fingerprint density at radius 2 is 2.14 bits per heavy atom. The zero-order valence-corrected chi connectivity index (χ0v) is 11.4. The van der Waals surface area contributed by atoms with Gasteiger partial charge in [0.15, 0.2) is 0 Å². The second-order valence-electron chi connectivity index (χ2n) is 4.28. The largest absolute Gasteiger partial charge is 0.507 e. The van der Waals surface area contributed by atoms with E-state index in [0.29, 0.717) is 30.1 Å². The van der Waals surface area contributed by atoms with Gasteiger partial charge in [-0.1, -0.05) is 12.1 Å². The highest BCUT2D eigenvalue weighted by atomic mass is 16.5. The zero-order chi connectivity index (χ0) is 15.1. The van der Waals surface area contributed by atoms with Gasteiger partial charge in [-0.25, -0.2) is 0 Å². The fraction of sp³-hybridized carbons (Fsp3) is 0.286. The van der Waals surface area contributed by atoms with Crippen LogP contribution in [0.2, 0.25) is 0 Å². The minimum Gasteiger partial charge on any atom is -0.507 e. The van der Waals surface area contributed by atoms with E-state index in [-0.39, 0.29) is 24.9 Å². The third-order valence-electron chi connectivity index (χ3n) is 2.77. The van der Waals surface area contributed by atoms with E-state index < -0.39 is 0 Å². The standard InChI is InChI=1S/C14H17N3O4/c18-6-8-21-7-5-15-14(20)12-9-11(16-17-12)10-3-1-2-4-13(10)19/h1-4,9,18-19H,5-8H2,(H,15,20)(H,16,17). The summed E-state index contributed by atoms with van der Waals surface area (Å²) >= 11 is 0. The third-order valence-corrected chi connectivity index (χ3v) is 2.77. The van der Waals surface area contributed by atoms with Gasteiger partial charge in [-0.2, -0.15) is 5.10 Å². The van der Waals surface area contributed by atoms with Crippen LogP contribution in [-0.4, -0.2) is 52.7 Å². The second kappa shape index (κ2) is 7.41. The molecule has 4 N–H and O–H groups in total. The molecule has 0 aliphatic heterocycles. The number of hydrogen-bond acceptors (Lipinski definition) is 5. The average molecular weight is 291 g/mol. The number of aromatic amines is 1. The lowest BCUT2D eigenvalue weighted by molar-refractivity contribution is 0.0835. The number of nitrogens with one attached hydrogen (secondary N) is 2. The molecule has 0 fully saturated rings. The number of aliphatic hydroxyl groups is 1. The summed E-state index contributed by atoms with van der Waals surface area (Å²) in [4.78, 5) is 11.9. The van der Waals surface area contributed by atoms with E-state index in [1.165, 1.54) is 0 Å². The predicted octanol–water partition coefficient (Wildman–Crippen LogP) is 0.521. The topological polar surface area (TPSA) is 107 Å². The fourth-order valence-electron chi connectivity index (χ4n) is 1.76. The molecule has 1 heterocycles. The van der Waals surface area contributed by atoms with E-state index in [4.69, 9.17) is 9.84 Å². The molecule has 7 heteroatoms. The molecule has 112 valence electrons. The van der Waals surface area contributed by atoms with E-state index in [0.717, 1.165) is 0 Å². The summed E-state index contributed by atoms with van der Waals surface area (Å²) in [7, 11) is 0. The van der Waals surface area contributed by atoms with Gasteiger partial charge in [0.05, 0.1) is 25.5 Å². The lowest BCUT2D eigenvalue weighted by Crippen LogP contribution is -2.27. The van der Waals surface area contributed by atoms with Crippen LogP contribution < -0.4 is 5.32 Å². The Bertz CT molecular complexity index is 597. The summed E-state index contributed by atoms with van der Waals surface area (Å²) in [6.07, 6.45) is 0. The number of nitrogens with zero attached hydrogens (tertiary/aromatic N) is 1. The van der Waals surface area contributed by atoms with Crippen molar-refractivity contribution in [3.63, 3.8) is 0 Å². The van der Waals surface area contributed by atoms with Gasteiger partial charge in [-0.05, 0) is 18.2 Å². The molecule has 1 aromatic heterocycles. The van der Waals surface area contributed by atoms with E-state index in [9.17, 15) is 9.90 Å². The summed E-state index contributed by atoms with van der Waals surface area (Å²) in [6.45, 7) is 0.867. The Labute approximate surface area is 121 Å². The molecule has 7 nitrogen and oxygen atoms in total. The van der Waals surface area contributed by atoms with Crippen LogP contribution >= 0.6 is 0 Å². The molecule has 2 rings (SSSR count). The lowest BCUT2D eigenvalue weighted by Gasteiger charge is -2.03. The number of rotatable bonds is 7. The van der Waals surface area contributed by atoms with Crippen LogP contribution in [0.1, 0.15) is 10.5 Å². The Balaban J connectivity index is 1.94. The van der Waals surface area contributed by atoms with Crippen molar-refractivity contribution in [2.45, 2.75) is 0 Å². The molecule has 0 spiro atoms. The number of aromatic nitrogens is 2. The third kappa shape index (κ3) is 4.04. The molecule has 21 heavy (non-hydrogen) atoms. The monoisotopic (exact) mass is 291 g/mol. The highest BCUT2D eigenvalue weighted by Gasteiger charge is 2.12. The van der Waals surface area contributed by atoms with Crippen LogP contribution in [0.5, 0.6) is 5.75 Å². The highest BCUT2D eigenvalue weighted by Crippen LogP contribution is 2.27. The van der Waals surface area contributed by atoms with E-state index in [1.807, 2.05) is 0 Å². The van der Waals surface area contributed by atoms with E-state index in [1.54, 1.807) is 30.3 Å². The SMILES string of the molecule is O=C(NCCOCCO)c1cc(-c2ccccc2O)n[nH]1. The van der Waals surface area contributed by atoms with Crippen LogP contribution in [-0.2, 0) is 4.74 Å². The highest BCUT2D eigenvalue weighted by molar-refractivity contribution is 5.93. The number of benzene rings is 1. The molecule has 0 radical (unpaired) electrons. The molecule has 0 aliphatic carbocycles. The van der Waals surface area contributed by atoms with Crippen LogP contribution in [0.4, 0.5) is 0 Å². The minimum absolute atomic E-state index is 0.0432. The molecule has 0 bridgehead atoms. The van der Waals surface area contributed by atoms with E-state index >= 15 is 0 Å². The number of aromatic hydroxyl groups is 1. The van der Waals surface area contributed by atoms with Gasteiger partial charge in [0.25, 0.3) is 5.91 Å². The summed E-state index contributed by atoms with van der Waals surface area (Å²) in [6, 6.07) is 8.34. The lowest BCUT2D eigenvalue weighted by atomic mass is 10.1. The normalized spacial score (nSPS) is 10.5. The minimum atomic E-state index is -0.309. The maximum atomic E-state index is 11.9. The summed E-state index contributed by atoms with van der Waals surface area (Å²) in [5, 5.41) is 27.6. The number of para-hydroxylation sites is 1. The Morgan fingerprint density at radius 1 is 1.33 bits per heavy atom. The molecule has 1 amide bonds. The Kier molecular flexibility index (Phi) is 5.30. The number of H-pyrrole nitrogens is 1. The van der Waals surface area contributed by atoms with Crippen molar-refractivity contribution in [1.82, 2.24) is 15.5 Å². The molecular weight excluding hydrogens is 274 g/mol. The molecule has 0 unspecified atom stereocenters. The van der Waals surface area contributed by atoms with Crippen molar-refractivity contribution in [2.75, 3.05) is 26.4 Å². The molecule has 1 aromatic carbocycles. The van der Waals surface area contributed by atoms with Gasteiger partial charge < -0.3 is 20.3 Å². The van der Waals surface area contributed by atoms with Gasteiger partial charge >= 0.3 is 0 Å². The first-order valence-corrected chi connectivity index (χ1v) is 6.53. The molecule has 0 aliphatic rings. The summed E-state index contributed by atoms with van der Waals surface area (Å²) < 4.78 is 5.04. The molecule has 0 atom stereocenters. The zero-order valence-electron chi connectivity index (χ0n) is 11.4. The van der Waals surface area contributed by atoms with Crippen molar-refractivity contribution in [1.29, 1.82) is 0 Å². The quantitative estimate of drug-likeness (QED) is 0.556. The van der Waals surface area contributed by atoms with Crippen LogP contribution in [0.15, 0.2) is 30.3 Å². The van der Waals surface area contributed by atoms with Crippen molar-refractivity contribution >= 4 is 5.91 Å². The molecule has 0 saturated carbocycles. The number of carbonyl (C=O) groups excluding carboxylic acids is 1. The molecular formula is C14H17N3O4. The second-order valence-corrected chi connectivity index (χ2v) is 4.28. The first kappa shape index (κ1) is 15.0. The van der Waals surface area contributed by atoms with Crippen molar-refractivity contribution in [3.05, 3.63) is 36.0 Å². The predicted molar refractivity (Wildman–Crippen MR) is 75.9 cm³/mol. The molecule has 2 aromatic rings. The van der Waals surface area contributed by atoms with Crippen LogP contribution in [0.3, 0.4) is 0 Å². The van der Waals surface area contributed by atoms with Crippen molar-refractivity contribution < 1.29 is 19.7 Å². The number of aliphatic hydroxyl groups excluding tert-OH is 1. The average Bonchev–Trinajstić information content (AvgIpc) is 2.97. The number of ether oxygens (including phenoxy) is 1. The number of amides is 1. The van der Waals surface area contributed by atoms with E-state index in [2.05, 4.69) is 15.5 Å². The summed E-state index contributed by atoms with van der Waals surface area (Å²) in [5.41, 5.74) is 1.35. The number of phenolic OH excluding ortho intramolecular Hbond substituents is 1. The number of carbonyl (C=O) groups is 1. The molecule has 0 saturated heterocycles. The number of phenols is 1.